The van der Waals surface area contributed by atoms with Crippen LogP contribution < -0.4 is 0 Å². The van der Waals surface area contributed by atoms with Crippen molar-refractivity contribution in [1.82, 2.24) is 0 Å². The molecule has 0 saturated heterocycles. The molecule has 0 aromatic heterocycles. The summed E-state index contributed by atoms with van der Waals surface area (Å²) >= 11 is 0. The molecule has 148 valence electrons. The number of aliphatic hydroxyl groups is 3. The van der Waals surface area contributed by atoms with E-state index >= 15 is 0 Å². The Morgan fingerprint density at radius 2 is 2.15 bits per heavy atom. The van der Waals surface area contributed by atoms with Crippen LogP contribution in [0.15, 0.2) is 23.8 Å². The molecule has 3 fully saturated rings. The fraction of sp³-hybridized carbons (Fsp3) is 0.727. The van der Waals surface area contributed by atoms with Crippen molar-refractivity contribution >= 4 is 11.6 Å². The number of allylic oxidation sites excluding steroid dienone is 4. The second-order valence-corrected chi connectivity index (χ2v) is 9.10. The number of hydrogen-bond donors (Lipinski definition) is 3. The number of aliphatic hydroxyl groups excluding tert-OH is 2. The predicted octanol–water partition coefficient (Wildman–Crippen LogP) is 1.80. The SMILES string of the molecule is [2H]C1([2H])[C@H](O)[C@H]2[C@@]([2H])(C[C@H](C)C3=CC(=O)C=C[C@@]32C)[C@@H]2CC[C@](O)(C(=O)CO)[C@]21C. The predicted molar refractivity (Wildman–Crippen MR) is 99.6 cm³/mol. The molecule has 4 aliphatic carbocycles. The molecule has 4 rings (SSSR count). The molecule has 3 saturated carbocycles. The number of fused-ring (bicyclic) bond motifs is 5. The van der Waals surface area contributed by atoms with Crippen molar-refractivity contribution in [3.05, 3.63) is 23.8 Å². The molecule has 4 aliphatic rings. The van der Waals surface area contributed by atoms with Gasteiger partial charge in [-0.1, -0.05) is 32.4 Å². The van der Waals surface area contributed by atoms with Crippen molar-refractivity contribution in [2.75, 3.05) is 6.61 Å². The highest BCUT2D eigenvalue weighted by atomic mass is 16.3. The van der Waals surface area contributed by atoms with Gasteiger partial charge in [0.1, 0.15) is 12.2 Å². The summed E-state index contributed by atoms with van der Waals surface area (Å²) in [5.74, 6) is -4.06. The van der Waals surface area contributed by atoms with Gasteiger partial charge in [0.05, 0.1) is 6.10 Å². The molecular weight excluding hydrogens is 344 g/mol. The van der Waals surface area contributed by atoms with E-state index in [2.05, 4.69) is 0 Å². The van der Waals surface area contributed by atoms with Crippen molar-refractivity contribution < 1.29 is 29.0 Å². The third-order valence-electron chi connectivity index (χ3n) is 7.80. The molecule has 0 heterocycles. The molecule has 8 atom stereocenters. The maximum Gasteiger partial charge on any atom is 0.190 e. The van der Waals surface area contributed by atoms with E-state index in [0.29, 0.717) is 0 Å². The van der Waals surface area contributed by atoms with Gasteiger partial charge < -0.3 is 15.3 Å². The molecule has 5 heteroatoms. The van der Waals surface area contributed by atoms with Crippen LogP contribution in [0.25, 0.3) is 0 Å². The first kappa shape index (κ1) is 15.6. The van der Waals surface area contributed by atoms with Gasteiger partial charge in [-0.2, -0.15) is 0 Å². The lowest BCUT2D eigenvalue weighted by atomic mass is 9.45. The van der Waals surface area contributed by atoms with E-state index in [-0.39, 0.29) is 31.0 Å². The minimum absolute atomic E-state index is 0.0603. The van der Waals surface area contributed by atoms with Gasteiger partial charge in [-0.15, -0.1) is 0 Å². The lowest BCUT2D eigenvalue weighted by Gasteiger charge is -2.60. The lowest BCUT2D eigenvalue weighted by Crippen LogP contribution is -2.62. The van der Waals surface area contributed by atoms with Crippen LogP contribution in [-0.4, -0.2) is 45.2 Å². The number of Topliss-reactive ketones (excluding diaryl/α,β-unsaturated/α-hetero) is 1. The van der Waals surface area contributed by atoms with Gasteiger partial charge in [0.15, 0.2) is 11.6 Å². The van der Waals surface area contributed by atoms with Crippen LogP contribution in [0.4, 0.5) is 0 Å². The second-order valence-electron chi connectivity index (χ2n) is 9.10. The Labute approximate surface area is 164 Å². The number of rotatable bonds is 2. The highest BCUT2D eigenvalue weighted by molar-refractivity contribution is 6.01. The minimum atomic E-state index is -2.40. The Kier molecular flexibility index (Phi) is 3.38. The highest BCUT2D eigenvalue weighted by Crippen LogP contribution is 2.67. The largest absolute Gasteiger partial charge is 0.393 e. The molecule has 0 aliphatic heterocycles. The molecule has 0 aromatic carbocycles. The number of ketones is 2. The quantitative estimate of drug-likeness (QED) is 0.682. The zero-order valence-electron chi connectivity index (χ0n) is 19.0. The zero-order valence-corrected chi connectivity index (χ0v) is 16.0. The smallest absolute Gasteiger partial charge is 0.190 e. The van der Waals surface area contributed by atoms with Gasteiger partial charge in [-0.25, -0.2) is 0 Å². The maximum atomic E-state index is 12.6. The Bertz CT molecular complexity index is 884. The van der Waals surface area contributed by atoms with E-state index in [1.54, 1.807) is 12.2 Å². The van der Waals surface area contributed by atoms with E-state index in [0.717, 1.165) is 5.57 Å². The van der Waals surface area contributed by atoms with E-state index < -0.39 is 59.0 Å². The fourth-order valence-electron chi connectivity index (χ4n) is 6.45. The van der Waals surface area contributed by atoms with Crippen molar-refractivity contribution in [3.8, 4) is 0 Å². The minimum Gasteiger partial charge on any atom is -0.393 e. The third kappa shape index (κ3) is 2.28. The Balaban J connectivity index is 1.95. The van der Waals surface area contributed by atoms with Gasteiger partial charge in [0.2, 0.25) is 0 Å². The topological polar surface area (TPSA) is 94.8 Å². The van der Waals surface area contributed by atoms with E-state index in [4.69, 9.17) is 2.74 Å². The van der Waals surface area contributed by atoms with E-state index in [1.807, 2.05) is 13.8 Å². The normalized spacial score (nSPS) is 57.5. The van der Waals surface area contributed by atoms with Gasteiger partial charge in [-0.3, -0.25) is 9.59 Å². The highest BCUT2D eigenvalue weighted by Gasteiger charge is 2.68. The molecule has 5 nitrogen and oxygen atoms in total. The van der Waals surface area contributed by atoms with Crippen LogP contribution in [0, 0.1) is 34.5 Å². The van der Waals surface area contributed by atoms with Gasteiger partial charge in [0, 0.05) is 20.9 Å². The van der Waals surface area contributed by atoms with E-state index in [1.165, 1.54) is 13.0 Å². The monoisotopic (exact) mass is 377 g/mol. The molecule has 0 amide bonds. The summed E-state index contributed by atoms with van der Waals surface area (Å²) in [7, 11) is 0. The summed E-state index contributed by atoms with van der Waals surface area (Å²) in [6.45, 7) is 4.29. The molecule has 27 heavy (non-hydrogen) atoms. The fourth-order valence-corrected chi connectivity index (χ4v) is 6.45. The Morgan fingerprint density at radius 3 is 2.81 bits per heavy atom. The summed E-state index contributed by atoms with van der Waals surface area (Å²) in [6.07, 6.45) is 1.08. The van der Waals surface area contributed by atoms with Crippen molar-refractivity contribution in [2.45, 2.75) is 58.1 Å². The first-order valence-electron chi connectivity index (χ1n) is 11.2. The average Bonchev–Trinajstić information content (AvgIpc) is 2.96. The van der Waals surface area contributed by atoms with Gasteiger partial charge >= 0.3 is 0 Å². The molecule has 0 spiro atoms. The summed E-state index contributed by atoms with van der Waals surface area (Å²) in [5.41, 5.74) is -3.98. The average molecular weight is 377 g/mol. The van der Waals surface area contributed by atoms with Crippen LogP contribution in [0.5, 0.6) is 0 Å². The molecule has 0 bridgehead atoms. The van der Waals surface area contributed by atoms with Crippen molar-refractivity contribution in [2.24, 2.45) is 34.5 Å². The second kappa shape index (κ2) is 5.85. The van der Waals surface area contributed by atoms with Gasteiger partial charge in [0.25, 0.3) is 0 Å². The van der Waals surface area contributed by atoms with Crippen LogP contribution in [0.2, 0.25) is 0 Å². The zero-order chi connectivity index (χ0) is 22.5. The molecular formula is C22H30O5. The number of carbonyl (C=O) groups is 2. The first-order valence-corrected chi connectivity index (χ1v) is 9.71. The van der Waals surface area contributed by atoms with Gasteiger partial charge in [-0.05, 0) is 55.5 Å². The number of carbonyl (C=O) groups excluding carboxylic acids is 2. The van der Waals surface area contributed by atoms with Crippen LogP contribution >= 0.6 is 0 Å². The van der Waals surface area contributed by atoms with Crippen molar-refractivity contribution in [3.63, 3.8) is 0 Å². The molecule has 0 radical (unpaired) electrons. The Morgan fingerprint density at radius 1 is 1.44 bits per heavy atom. The standard InChI is InChI=1S/C22H30O5/c1-12-8-14-15-5-7-22(27,18(26)11-23)21(15,3)10-17(25)19(14)20(2)6-4-13(24)9-16(12)20/h4,6,9,12,14-15,17,19,23,25,27H,5,7-8,10-11H2,1-3H3/t12-,14-,15-,17-,19+,20-,21-,22-/m0/s1/i10D2,14D. The van der Waals surface area contributed by atoms with Crippen LogP contribution in [-0.2, 0) is 9.59 Å². The van der Waals surface area contributed by atoms with Crippen molar-refractivity contribution in [1.29, 1.82) is 0 Å². The molecule has 0 aromatic rings. The summed E-state index contributed by atoms with van der Waals surface area (Å²) in [5, 5.41) is 32.3. The van der Waals surface area contributed by atoms with E-state index in [9.17, 15) is 26.3 Å². The maximum absolute atomic E-state index is 12.6. The first-order chi connectivity index (χ1) is 13.7. The lowest BCUT2D eigenvalue weighted by molar-refractivity contribution is -0.180. The Hall–Kier alpha value is -1.30. The summed E-state index contributed by atoms with van der Waals surface area (Å²) in [4.78, 5) is 24.6. The number of hydrogen-bond acceptors (Lipinski definition) is 5. The van der Waals surface area contributed by atoms with Crippen LogP contribution in [0.3, 0.4) is 0 Å². The summed E-state index contributed by atoms with van der Waals surface area (Å²) in [6, 6.07) is 0. The third-order valence-corrected chi connectivity index (χ3v) is 7.80. The molecule has 3 N–H and O–H groups in total. The summed E-state index contributed by atoms with van der Waals surface area (Å²) < 4.78 is 27.4. The molecule has 0 unspecified atom stereocenters. The van der Waals surface area contributed by atoms with Crippen LogP contribution in [0.1, 0.15) is 50.5 Å².